The summed E-state index contributed by atoms with van der Waals surface area (Å²) in [5, 5.41) is 11.7. The topological polar surface area (TPSA) is 129 Å². The molecule has 0 spiro atoms. The predicted molar refractivity (Wildman–Crippen MR) is 149 cm³/mol. The van der Waals surface area contributed by atoms with E-state index in [0.29, 0.717) is 12.3 Å². The van der Waals surface area contributed by atoms with Gasteiger partial charge in [-0.3, -0.25) is 19.2 Å². The minimum Gasteiger partial charge on any atom is -0.491 e. The molecule has 1 aromatic rings. The number of benzene rings is 1. The maximum absolute atomic E-state index is 13.3. The number of carbonyl (C=O) groups is 4. The Hall–Kier alpha value is -3.14. The van der Waals surface area contributed by atoms with E-state index in [4.69, 9.17) is 4.74 Å². The number of fused-ring (bicyclic) bond motifs is 1. The van der Waals surface area contributed by atoms with Crippen molar-refractivity contribution in [1.29, 1.82) is 0 Å². The molecule has 2 aliphatic rings. The average molecular weight is 544 g/mol. The van der Waals surface area contributed by atoms with E-state index < -0.39 is 17.5 Å². The first-order chi connectivity index (χ1) is 18.5. The van der Waals surface area contributed by atoms with Crippen LogP contribution in [-0.2, 0) is 14.4 Å². The number of amides is 4. The Bertz CT molecular complexity index is 1010. The minimum absolute atomic E-state index is 0.0162. The van der Waals surface area contributed by atoms with E-state index in [2.05, 4.69) is 26.2 Å². The number of likely N-dealkylation sites (tertiary alicyclic amines) is 1. The van der Waals surface area contributed by atoms with Gasteiger partial charge in [0, 0.05) is 31.5 Å². The van der Waals surface area contributed by atoms with Gasteiger partial charge in [0.05, 0.1) is 11.6 Å². The molecule has 1 aromatic carbocycles. The smallest absolute Gasteiger partial charge is 0.255 e. The maximum atomic E-state index is 13.3. The van der Waals surface area contributed by atoms with Crippen molar-refractivity contribution in [1.82, 2.24) is 26.2 Å². The summed E-state index contributed by atoms with van der Waals surface area (Å²) in [4.78, 5) is 54.5. The van der Waals surface area contributed by atoms with Gasteiger partial charge < -0.3 is 30.9 Å². The summed E-state index contributed by atoms with van der Waals surface area (Å²) in [7, 11) is 0. The molecule has 10 nitrogen and oxygen atoms in total. The van der Waals surface area contributed by atoms with Crippen molar-refractivity contribution in [3.05, 3.63) is 29.8 Å². The highest BCUT2D eigenvalue weighted by molar-refractivity contribution is 5.99. The molecule has 2 aliphatic heterocycles. The van der Waals surface area contributed by atoms with Crippen LogP contribution in [0.15, 0.2) is 24.3 Å². The zero-order valence-electron chi connectivity index (χ0n) is 23.8. The summed E-state index contributed by atoms with van der Waals surface area (Å²) < 4.78 is 6.03. The van der Waals surface area contributed by atoms with E-state index >= 15 is 0 Å². The van der Waals surface area contributed by atoms with E-state index in [1.807, 2.05) is 13.8 Å². The van der Waals surface area contributed by atoms with Crippen LogP contribution < -0.4 is 26.0 Å². The quantitative estimate of drug-likeness (QED) is 0.450. The maximum Gasteiger partial charge on any atom is 0.255 e. The Balaban J connectivity index is 1.78. The molecule has 2 heterocycles. The number of nitrogens with one attached hydrogen (secondary N) is 4. The SMILES string of the molecule is CC(C)[C@@H]1COc2ccccc2C(=O)N[C@H](C(=O)NCCN2CCCCC2)CCC(=O)NC(C)(C)CC(=O)N1. The standard InChI is InChI=1S/C29H45N5O5/c1-20(2)23-19-39-24-11-7-6-10-21(24)27(37)32-22(28(38)30-14-17-34-15-8-5-9-16-34)12-13-25(35)33-29(3,4)18-26(36)31-23/h6-7,10-11,20,22-23H,5,8-9,12-19H2,1-4H3,(H,30,38)(H,31,36)(H,32,37)(H,33,35)/t22-,23-/m0/s1. The first-order valence-corrected chi connectivity index (χ1v) is 14.2. The largest absolute Gasteiger partial charge is 0.491 e. The van der Waals surface area contributed by atoms with E-state index in [0.717, 1.165) is 19.6 Å². The van der Waals surface area contributed by atoms with Gasteiger partial charge in [0.1, 0.15) is 18.4 Å². The number of piperidine rings is 1. The van der Waals surface area contributed by atoms with Crippen molar-refractivity contribution in [3.8, 4) is 5.75 Å². The molecular weight excluding hydrogens is 498 g/mol. The van der Waals surface area contributed by atoms with Gasteiger partial charge in [0.2, 0.25) is 17.7 Å². The summed E-state index contributed by atoms with van der Waals surface area (Å²) in [6.07, 6.45) is 3.80. The fourth-order valence-electron chi connectivity index (χ4n) is 4.93. The Kier molecular flexibility index (Phi) is 11.2. The van der Waals surface area contributed by atoms with Gasteiger partial charge in [-0.05, 0) is 64.3 Å². The number of para-hydroxylation sites is 1. The third-order valence-electron chi connectivity index (χ3n) is 7.24. The highest BCUT2D eigenvalue weighted by atomic mass is 16.5. The van der Waals surface area contributed by atoms with Crippen molar-refractivity contribution in [2.24, 2.45) is 5.92 Å². The second-order valence-electron chi connectivity index (χ2n) is 11.6. The van der Waals surface area contributed by atoms with Gasteiger partial charge in [-0.2, -0.15) is 0 Å². The van der Waals surface area contributed by atoms with E-state index in [9.17, 15) is 19.2 Å². The average Bonchev–Trinajstić information content (AvgIpc) is 2.88. The van der Waals surface area contributed by atoms with Gasteiger partial charge >= 0.3 is 0 Å². The van der Waals surface area contributed by atoms with E-state index in [1.165, 1.54) is 19.3 Å². The zero-order valence-corrected chi connectivity index (χ0v) is 23.8. The minimum atomic E-state index is -0.902. The molecule has 1 saturated heterocycles. The van der Waals surface area contributed by atoms with Crippen molar-refractivity contribution in [2.45, 2.75) is 83.8 Å². The van der Waals surface area contributed by atoms with Crippen LogP contribution in [0.25, 0.3) is 0 Å². The van der Waals surface area contributed by atoms with Crippen LogP contribution in [0.3, 0.4) is 0 Å². The number of carbonyl (C=O) groups excluding carboxylic acids is 4. The second-order valence-corrected chi connectivity index (χ2v) is 11.6. The van der Waals surface area contributed by atoms with Gasteiger partial charge in [-0.15, -0.1) is 0 Å². The van der Waals surface area contributed by atoms with Crippen molar-refractivity contribution >= 4 is 23.6 Å². The molecule has 0 aliphatic carbocycles. The second kappa shape index (κ2) is 14.3. The first kappa shape index (κ1) is 30.4. The van der Waals surface area contributed by atoms with Crippen LogP contribution in [0.4, 0.5) is 0 Å². The molecule has 39 heavy (non-hydrogen) atoms. The molecule has 0 unspecified atom stereocenters. The summed E-state index contributed by atoms with van der Waals surface area (Å²) in [5.41, 5.74) is -0.502. The lowest BCUT2D eigenvalue weighted by Gasteiger charge is -2.29. The molecule has 4 amide bonds. The number of hydrogen-bond acceptors (Lipinski definition) is 6. The summed E-state index contributed by atoms with van der Waals surface area (Å²) >= 11 is 0. The Morgan fingerprint density at radius 1 is 1.08 bits per heavy atom. The van der Waals surface area contributed by atoms with Crippen LogP contribution in [0, 0.1) is 5.92 Å². The summed E-state index contributed by atoms with van der Waals surface area (Å²) in [6.45, 7) is 11.0. The zero-order chi connectivity index (χ0) is 28.4. The van der Waals surface area contributed by atoms with Crippen LogP contribution in [0.1, 0.15) is 76.6 Å². The first-order valence-electron chi connectivity index (χ1n) is 14.2. The number of ether oxygens (including phenoxy) is 1. The van der Waals surface area contributed by atoms with E-state index in [1.54, 1.807) is 38.1 Å². The lowest BCUT2D eigenvalue weighted by Crippen LogP contribution is -2.51. The molecule has 216 valence electrons. The molecule has 3 rings (SSSR count). The molecule has 1 fully saturated rings. The summed E-state index contributed by atoms with van der Waals surface area (Å²) in [5.74, 6) is -0.837. The van der Waals surface area contributed by atoms with Gasteiger partial charge in [-0.1, -0.05) is 32.4 Å². The Labute approximate surface area is 232 Å². The molecule has 10 heteroatoms. The van der Waals surface area contributed by atoms with Crippen LogP contribution >= 0.6 is 0 Å². The third kappa shape index (κ3) is 9.84. The van der Waals surface area contributed by atoms with Gasteiger partial charge in [0.25, 0.3) is 5.91 Å². The monoisotopic (exact) mass is 543 g/mol. The molecule has 0 aromatic heterocycles. The predicted octanol–water partition coefficient (Wildman–Crippen LogP) is 1.99. The lowest BCUT2D eigenvalue weighted by atomic mass is 9.98. The number of hydrogen-bond donors (Lipinski definition) is 4. The van der Waals surface area contributed by atoms with Crippen LogP contribution in [-0.4, -0.2) is 78.9 Å². The Morgan fingerprint density at radius 2 is 1.79 bits per heavy atom. The van der Waals surface area contributed by atoms with Crippen molar-refractivity contribution in [3.63, 3.8) is 0 Å². The number of nitrogens with zero attached hydrogens (tertiary/aromatic N) is 1. The normalized spacial score (nSPS) is 23.6. The van der Waals surface area contributed by atoms with E-state index in [-0.39, 0.29) is 61.1 Å². The molecule has 0 radical (unpaired) electrons. The third-order valence-corrected chi connectivity index (χ3v) is 7.24. The highest BCUT2D eigenvalue weighted by Gasteiger charge is 2.29. The number of rotatable bonds is 5. The highest BCUT2D eigenvalue weighted by Crippen LogP contribution is 2.20. The van der Waals surface area contributed by atoms with Crippen LogP contribution in [0.5, 0.6) is 5.75 Å². The molecule has 0 saturated carbocycles. The Morgan fingerprint density at radius 3 is 2.51 bits per heavy atom. The van der Waals surface area contributed by atoms with Crippen molar-refractivity contribution < 1.29 is 23.9 Å². The lowest BCUT2D eigenvalue weighted by molar-refractivity contribution is -0.126. The van der Waals surface area contributed by atoms with Gasteiger partial charge in [-0.25, -0.2) is 0 Å². The fraction of sp³-hybridized carbons (Fsp3) is 0.655. The van der Waals surface area contributed by atoms with Gasteiger partial charge in [0.15, 0.2) is 0 Å². The molecular formula is C29H45N5O5. The van der Waals surface area contributed by atoms with Crippen LogP contribution in [0.2, 0.25) is 0 Å². The fourth-order valence-corrected chi connectivity index (χ4v) is 4.93. The van der Waals surface area contributed by atoms with Crippen molar-refractivity contribution in [2.75, 3.05) is 32.8 Å². The molecule has 4 N–H and O–H groups in total. The molecule has 0 bridgehead atoms. The summed E-state index contributed by atoms with van der Waals surface area (Å²) in [6, 6.07) is 5.63. The molecule has 2 atom stereocenters.